The first kappa shape index (κ1) is 13.4. The fraction of sp³-hybridized carbons (Fsp3) is 0.900. The van der Waals surface area contributed by atoms with Gasteiger partial charge in [0.25, 0.3) is 0 Å². The topological polar surface area (TPSA) is 40.5 Å². The molecule has 3 nitrogen and oxygen atoms in total. The van der Waals surface area contributed by atoms with Gasteiger partial charge in [-0.15, -0.1) is 0 Å². The predicted molar refractivity (Wildman–Crippen MR) is 54.2 cm³/mol. The van der Waals surface area contributed by atoms with E-state index in [0.29, 0.717) is 13.1 Å². The molecule has 84 valence electrons. The number of nitrogens with zero attached hydrogens (tertiary/aromatic N) is 1. The highest BCUT2D eigenvalue weighted by atomic mass is 19.1. The minimum Gasteiger partial charge on any atom is -0.479 e. The molecule has 1 rings (SSSR count). The highest BCUT2D eigenvalue weighted by molar-refractivity contribution is 5.77. The molecular formula is C10H20FNO2. The summed E-state index contributed by atoms with van der Waals surface area (Å²) in [4.78, 5) is 12.3. The molecule has 0 spiro atoms. The number of rotatable bonds is 1. The van der Waals surface area contributed by atoms with Crippen molar-refractivity contribution in [3.8, 4) is 0 Å². The Morgan fingerprint density at radius 2 is 1.79 bits per heavy atom. The van der Waals surface area contributed by atoms with Crippen molar-refractivity contribution in [1.29, 1.82) is 0 Å². The van der Waals surface area contributed by atoms with Crippen LogP contribution < -0.4 is 0 Å². The lowest BCUT2D eigenvalue weighted by molar-refractivity contribution is -0.154. The Morgan fingerprint density at radius 3 is 2.07 bits per heavy atom. The summed E-state index contributed by atoms with van der Waals surface area (Å²) in [6.07, 6.45) is 1.47. The number of hydrogen-bond donors (Lipinski definition) is 1. The van der Waals surface area contributed by atoms with Crippen LogP contribution in [-0.4, -0.2) is 41.8 Å². The van der Waals surface area contributed by atoms with E-state index in [0.717, 1.165) is 0 Å². The van der Waals surface area contributed by atoms with Crippen molar-refractivity contribution in [2.24, 2.45) is 0 Å². The zero-order chi connectivity index (χ0) is 11.2. The van der Waals surface area contributed by atoms with E-state index < -0.39 is 11.6 Å². The average molecular weight is 205 g/mol. The third-order valence-corrected chi connectivity index (χ3v) is 2.16. The zero-order valence-electron chi connectivity index (χ0n) is 9.22. The van der Waals surface area contributed by atoms with E-state index in [1.54, 1.807) is 0 Å². The van der Waals surface area contributed by atoms with E-state index in [1.807, 2.05) is 11.9 Å². The quantitative estimate of drug-likeness (QED) is 0.711. The molecule has 1 fully saturated rings. The van der Waals surface area contributed by atoms with Crippen LogP contribution in [0.5, 0.6) is 0 Å². The minimum absolute atomic E-state index is 0.110. The summed E-state index contributed by atoms with van der Waals surface area (Å²) < 4.78 is 13.2. The molecule has 1 heterocycles. The maximum Gasteiger partial charge on any atom is 0.341 e. The van der Waals surface area contributed by atoms with Crippen molar-refractivity contribution in [1.82, 2.24) is 4.90 Å². The Kier molecular flexibility index (Phi) is 5.69. The molecular weight excluding hydrogens is 185 g/mol. The summed E-state index contributed by atoms with van der Waals surface area (Å²) in [5.74, 6) is -1.31. The van der Waals surface area contributed by atoms with Crippen LogP contribution in [0, 0.1) is 0 Å². The third kappa shape index (κ3) is 4.05. The molecule has 14 heavy (non-hydrogen) atoms. The molecule has 0 aromatic rings. The Bertz CT molecular complexity index is 177. The number of alkyl halides is 1. The Labute approximate surface area is 84.9 Å². The second kappa shape index (κ2) is 5.96. The van der Waals surface area contributed by atoms with Gasteiger partial charge < -0.3 is 10.0 Å². The fourth-order valence-electron chi connectivity index (χ4n) is 1.19. The van der Waals surface area contributed by atoms with Gasteiger partial charge in [0, 0.05) is 25.9 Å². The molecule has 0 aromatic heterocycles. The van der Waals surface area contributed by atoms with E-state index in [1.165, 1.54) is 6.42 Å². The predicted octanol–water partition coefficient (Wildman–Crippen LogP) is 1.92. The number of halogens is 1. The molecule has 0 radical (unpaired) electrons. The first-order chi connectivity index (χ1) is 6.46. The molecule has 0 amide bonds. The fourth-order valence-corrected chi connectivity index (χ4v) is 1.19. The number of aliphatic carboxylic acids is 1. The maximum atomic E-state index is 13.2. The first-order valence-corrected chi connectivity index (χ1v) is 5.07. The van der Waals surface area contributed by atoms with Crippen LogP contribution in [0.4, 0.5) is 4.39 Å². The Hall–Kier alpha value is -0.640. The van der Waals surface area contributed by atoms with Crippen molar-refractivity contribution in [3.05, 3.63) is 0 Å². The van der Waals surface area contributed by atoms with Crippen LogP contribution >= 0.6 is 0 Å². The molecule has 0 saturated carbocycles. The van der Waals surface area contributed by atoms with Gasteiger partial charge in [-0.3, -0.25) is 0 Å². The highest BCUT2D eigenvalue weighted by Crippen LogP contribution is 2.25. The lowest BCUT2D eigenvalue weighted by Gasteiger charge is -2.30. The largest absolute Gasteiger partial charge is 0.479 e. The van der Waals surface area contributed by atoms with Gasteiger partial charge in [0.05, 0.1) is 0 Å². The molecule has 0 bridgehead atoms. The van der Waals surface area contributed by atoms with E-state index in [4.69, 9.17) is 5.11 Å². The summed E-state index contributed by atoms with van der Waals surface area (Å²) in [6.45, 7) is 5.31. The maximum absolute atomic E-state index is 13.2. The molecule has 1 N–H and O–H groups in total. The molecule has 0 aromatic carbocycles. The molecule has 0 atom stereocenters. The summed E-state index contributed by atoms with van der Waals surface area (Å²) >= 11 is 0. The van der Waals surface area contributed by atoms with Crippen LogP contribution in [0.1, 0.15) is 33.1 Å². The monoisotopic (exact) mass is 205 g/mol. The summed E-state index contributed by atoms with van der Waals surface area (Å²) in [5, 5.41) is 8.49. The van der Waals surface area contributed by atoms with Gasteiger partial charge in [-0.2, -0.15) is 0 Å². The SMILES string of the molecule is CCC.CN1CCC(F)(C(=O)O)CC1. The summed E-state index contributed by atoms with van der Waals surface area (Å²) in [5.41, 5.74) is -1.97. The number of carboxylic acid groups (broad SMARTS) is 1. The number of carbonyl (C=O) groups is 1. The molecule has 0 unspecified atom stereocenters. The molecule has 1 saturated heterocycles. The number of likely N-dealkylation sites (tertiary alicyclic amines) is 1. The molecule has 0 aliphatic carbocycles. The minimum atomic E-state index is -1.97. The van der Waals surface area contributed by atoms with Crippen molar-refractivity contribution in [2.45, 2.75) is 38.8 Å². The van der Waals surface area contributed by atoms with E-state index in [-0.39, 0.29) is 12.8 Å². The molecule has 1 aliphatic heterocycles. The van der Waals surface area contributed by atoms with Crippen molar-refractivity contribution >= 4 is 5.97 Å². The van der Waals surface area contributed by atoms with Crippen molar-refractivity contribution in [3.63, 3.8) is 0 Å². The van der Waals surface area contributed by atoms with Gasteiger partial charge in [-0.25, -0.2) is 9.18 Å². The van der Waals surface area contributed by atoms with E-state index >= 15 is 0 Å². The summed E-state index contributed by atoms with van der Waals surface area (Å²) in [7, 11) is 1.86. The smallest absolute Gasteiger partial charge is 0.341 e. The Morgan fingerprint density at radius 1 is 1.43 bits per heavy atom. The van der Waals surface area contributed by atoms with Gasteiger partial charge in [0.2, 0.25) is 5.67 Å². The van der Waals surface area contributed by atoms with Crippen LogP contribution in [0.3, 0.4) is 0 Å². The normalized spacial score (nSPS) is 20.9. The number of hydrogen-bond acceptors (Lipinski definition) is 2. The van der Waals surface area contributed by atoms with Crippen molar-refractivity contribution < 1.29 is 14.3 Å². The van der Waals surface area contributed by atoms with Gasteiger partial charge in [-0.1, -0.05) is 20.3 Å². The second-order valence-corrected chi connectivity index (χ2v) is 3.78. The molecule has 1 aliphatic rings. The average Bonchev–Trinajstić information content (AvgIpc) is 2.11. The third-order valence-electron chi connectivity index (χ3n) is 2.16. The zero-order valence-corrected chi connectivity index (χ0v) is 9.22. The van der Waals surface area contributed by atoms with Gasteiger partial charge in [0.1, 0.15) is 0 Å². The van der Waals surface area contributed by atoms with E-state index in [9.17, 15) is 9.18 Å². The van der Waals surface area contributed by atoms with Crippen molar-refractivity contribution in [2.75, 3.05) is 20.1 Å². The van der Waals surface area contributed by atoms with Gasteiger partial charge in [0.15, 0.2) is 0 Å². The lowest BCUT2D eigenvalue weighted by Crippen LogP contribution is -2.44. The lowest BCUT2D eigenvalue weighted by atomic mass is 9.94. The molecule has 4 heteroatoms. The second-order valence-electron chi connectivity index (χ2n) is 3.78. The number of piperidine rings is 1. The summed E-state index contributed by atoms with van der Waals surface area (Å²) in [6, 6.07) is 0. The van der Waals surface area contributed by atoms with E-state index in [2.05, 4.69) is 13.8 Å². The van der Waals surface area contributed by atoms with Crippen LogP contribution in [0.2, 0.25) is 0 Å². The highest BCUT2D eigenvalue weighted by Gasteiger charge is 2.40. The first-order valence-electron chi connectivity index (χ1n) is 5.07. The standard InChI is InChI=1S/C7H12FNO2.C3H8/c1-9-4-2-7(8,3-5-9)6(10)11;1-3-2/h2-5H2,1H3,(H,10,11);3H2,1-2H3. The Balaban J connectivity index is 0.000000500. The van der Waals surface area contributed by atoms with Crippen LogP contribution in [0.25, 0.3) is 0 Å². The van der Waals surface area contributed by atoms with Gasteiger partial charge >= 0.3 is 5.97 Å². The van der Waals surface area contributed by atoms with Crippen LogP contribution in [-0.2, 0) is 4.79 Å². The van der Waals surface area contributed by atoms with Crippen LogP contribution in [0.15, 0.2) is 0 Å². The van der Waals surface area contributed by atoms with Gasteiger partial charge in [-0.05, 0) is 7.05 Å². The number of carboxylic acids is 1.